The van der Waals surface area contributed by atoms with Crippen molar-refractivity contribution >= 4 is 5.91 Å². The van der Waals surface area contributed by atoms with Crippen LogP contribution in [0.1, 0.15) is 22.7 Å². The summed E-state index contributed by atoms with van der Waals surface area (Å²) in [5.74, 6) is -1.12. The highest BCUT2D eigenvalue weighted by Crippen LogP contribution is 2.20. The van der Waals surface area contributed by atoms with E-state index in [1.54, 1.807) is 12.1 Å². The van der Waals surface area contributed by atoms with Gasteiger partial charge in [0.1, 0.15) is 5.82 Å². The zero-order valence-electron chi connectivity index (χ0n) is 12.9. The maximum atomic E-state index is 13.7. The zero-order chi connectivity index (χ0) is 16.8. The highest BCUT2D eigenvalue weighted by molar-refractivity contribution is 5.89. The molecule has 122 valence electrons. The van der Waals surface area contributed by atoms with E-state index in [1.165, 1.54) is 17.7 Å². The van der Waals surface area contributed by atoms with Gasteiger partial charge in [0.05, 0.1) is 5.56 Å². The average Bonchev–Trinajstić information content (AvgIpc) is 3.10. The monoisotopic (exact) mass is 325 g/mol. The number of amides is 1. The maximum absolute atomic E-state index is 13.7. The molecule has 0 atom stereocenters. The lowest BCUT2D eigenvalue weighted by molar-refractivity contribution is 0.0919. The van der Waals surface area contributed by atoms with Crippen LogP contribution in [0, 0.1) is 5.82 Å². The van der Waals surface area contributed by atoms with E-state index < -0.39 is 11.7 Å². The van der Waals surface area contributed by atoms with Crippen molar-refractivity contribution in [3.63, 3.8) is 0 Å². The molecule has 0 radical (unpaired) electrons. The fourth-order valence-corrected chi connectivity index (χ4v) is 2.27. The van der Waals surface area contributed by atoms with Crippen molar-refractivity contribution in [2.45, 2.75) is 12.8 Å². The lowest BCUT2D eigenvalue weighted by Crippen LogP contribution is -2.25. The second-order valence-electron chi connectivity index (χ2n) is 5.24. The number of rotatable bonds is 6. The van der Waals surface area contributed by atoms with Crippen molar-refractivity contribution in [3.05, 3.63) is 71.9 Å². The minimum absolute atomic E-state index is 0.0115. The predicted octanol–water partition coefficient (Wildman–Crippen LogP) is 3.24. The van der Waals surface area contributed by atoms with E-state index in [-0.39, 0.29) is 17.3 Å². The molecule has 0 saturated carbocycles. The Morgan fingerprint density at radius 1 is 1.04 bits per heavy atom. The molecule has 2 aromatic carbocycles. The van der Waals surface area contributed by atoms with Gasteiger partial charge in [-0.3, -0.25) is 4.79 Å². The van der Waals surface area contributed by atoms with Crippen LogP contribution in [0.15, 0.2) is 59.0 Å². The summed E-state index contributed by atoms with van der Waals surface area (Å²) in [5, 5.41) is 10.1. The summed E-state index contributed by atoms with van der Waals surface area (Å²) in [5.41, 5.74) is 1.39. The van der Waals surface area contributed by atoms with Gasteiger partial charge in [0.15, 0.2) is 0 Å². The minimum Gasteiger partial charge on any atom is -0.412 e. The Balaban J connectivity index is 1.54. The fourth-order valence-electron chi connectivity index (χ4n) is 2.27. The molecule has 0 aliphatic heterocycles. The van der Waals surface area contributed by atoms with Crippen molar-refractivity contribution in [1.29, 1.82) is 0 Å². The van der Waals surface area contributed by atoms with E-state index in [2.05, 4.69) is 15.5 Å². The molecule has 1 heterocycles. The van der Waals surface area contributed by atoms with Crippen LogP contribution in [-0.4, -0.2) is 22.6 Å². The van der Waals surface area contributed by atoms with E-state index in [4.69, 9.17) is 4.42 Å². The fraction of sp³-hybridized carbons (Fsp3) is 0.167. The Hall–Kier alpha value is -3.02. The molecule has 6 heteroatoms. The molecule has 24 heavy (non-hydrogen) atoms. The van der Waals surface area contributed by atoms with E-state index >= 15 is 0 Å². The van der Waals surface area contributed by atoms with E-state index in [1.807, 2.05) is 30.3 Å². The van der Waals surface area contributed by atoms with Gasteiger partial charge in [0.25, 0.3) is 5.89 Å². The van der Waals surface area contributed by atoms with Crippen LogP contribution < -0.4 is 5.32 Å². The van der Waals surface area contributed by atoms with Gasteiger partial charge < -0.3 is 9.73 Å². The van der Waals surface area contributed by atoms with Crippen LogP contribution in [0.4, 0.5) is 4.39 Å². The van der Waals surface area contributed by atoms with Gasteiger partial charge in [0, 0.05) is 6.54 Å². The van der Waals surface area contributed by atoms with Gasteiger partial charge >= 0.3 is 11.8 Å². The second-order valence-corrected chi connectivity index (χ2v) is 5.24. The van der Waals surface area contributed by atoms with Gasteiger partial charge in [-0.2, -0.15) is 0 Å². The molecular formula is C18H16FN3O2. The number of carbonyl (C=O) groups excluding carboxylic acids is 1. The number of carbonyl (C=O) groups is 1. The highest BCUT2D eigenvalue weighted by Gasteiger charge is 2.17. The standard InChI is InChI=1S/C18H16FN3O2/c19-15-11-5-4-10-14(15)17-21-22-18(24-17)16(23)20-12-6-9-13-7-2-1-3-8-13/h1-5,7-8,10-11H,6,9,12H2,(H,20,23). The van der Waals surface area contributed by atoms with E-state index in [0.717, 1.165) is 12.8 Å². The van der Waals surface area contributed by atoms with Gasteiger partial charge in [-0.15, -0.1) is 10.2 Å². The third-order valence-electron chi connectivity index (χ3n) is 3.49. The second kappa shape index (κ2) is 7.50. The van der Waals surface area contributed by atoms with Gasteiger partial charge in [-0.1, -0.05) is 42.5 Å². The van der Waals surface area contributed by atoms with Gasteiger partial charge in [-0.25, -0.2) is 4.39 Å². The number of nitrogens with one attached hydrogen (secondary N) is 1. The molecule has 3 aromatic rings. The highest BCUT2D eigenvalue weighted by atomic mass is 19.1. The van der Waals surface area contributed by atoms with Gasteiger partial charge in [0.2, 0.25) is 0 Å². The normalized spacial score (nSPS) is 10.5. The summed E-state index contributed by atoms with van der Waals surface area (Å²) in [6, 6.07) is 16.1. The molecule has 0 spiro atoms. The Morgan fingerprint density at radius 2 is 1.79 bits per heavy atom. The molecule has 0 bridgehead atoms. The third kappa shape index (κ3) is 3.84. The molecular weight excluding hydrogens is 309 g/mol. The molecule has 1 amide bonds. The number of hydrogen-bond acceptors (Lipinski definition) is 4. The lowest BCUT2D eigenvalue weighted by atomic mass is 10.1. The van der Waals surface area contributed by atoms with Crippen molar-refractivity contribution in [2.24, 2.45) is 0 Å². The SMILES string of the molecule is O=C(NCCCc1ccccc1)c1nnc(-c2ccccc2F)o1. The van der Waals surface area contributed by atoms with Crippen LogP contribution in [0.2, 0.25) is 0 Å². The number of halogens is 1. The maximum Gasteiger partial charge on any atom is 0.308 e. The lowest BCUT2D eigenvalue weighted by Gasteiger charge is -2.02. The first-order valence-electron chi connectivity index (χ1n) is 7.64. The summed E-state index contributed by atoms with van der Waals surface area (Å²) >= 11 is 0. The predicted molar refractivity (Wildman–Crippen MR) is 86.8 cm³/mol. The Morgan fingerprint density at radius 3 is 2.58 bits per heavy atom. The number of hydrogen-bond donors (Lipinski definition) is 1. The smallest absolute Gasteiger partial charge is 0.308 e. The van der Waals surface area contributed by atoms with Crippen molar-refractivity contribution < 1.29 is 13.6 Å². The van der Waals surface area contributed by atoms with E-state index in [0.29, 0.717) is 6.54 Å². The minimum atomic E-state index is -0.476. The topological polar surface area (TPSA) is 68.0 Å². The molecule has 3 rings (SSSR count). The quantitative estimate of drug-likeness (QED) is 0.707. The largest absolute Gasteiger partial charge is 0.412 e. The van der Waals surface area contributed by atoms with Crippen molar-refractivity contribution in [1.82, 2.24) is 15.5 Å². The van der Waals surface area contributed by atoms with Crippen LogP contribution in [-0.2, 0) is 6.42 Å². The van der Waals surface area contributed by atoms with Crippen molar-refractivity contribution in [2.75, 3.05) is 6.54 Å². The molecule has 0 saturated heterocycles. The summed E-state index contributed by atoms with van der Waals surface area (Å²) in [6.07, 6.45) is 1.66. The van der Waals surface area contributed by atoms with Crippen LogP contribution in [0.5, 0.6) is 0 Å². The van der Waals surface area contributed by atoms with Gasteiger partial charge in [-0.05, 0) is 30.5 Å². The summed E-state index contributed by atoms with van der Waals surface area (Å²) in [4.78, 5) is 12.0. The molecule has 0 aliphatic rings. The molecule has 0 unspecified atom stereocenters. The van der Waals surface area contributed by atoms with E-state index in [9.17, 15) is 9.18 Å². The number of nitrogens with zero attached hydrogens (tertiary/aromatic N) is 2. The number of aryl methyl sites for hydroxylation is 1. The molecule has 0 aliphatic carbocycles. The summed E-state index contributed by atoms with van der Waals surface area (Å²) in [7, 11) is 0. The average molecular weight is 325 g/mol. The molecule has 1 N–H and O–H groups in total. The third-order valence-corrected chi connectivity index (χ3v) is 3.49. The molecule has 1 aromatic heterocycles. The number of benzene rings is 2. The van der Waals surface area contributed by atoms with Crippen molar-refractivity contribution in [3.8, 4) is 11.5 Å². The zero-order valence-corrected chi connectivity index (χ0v) is 12.9. The van der Waals surface area contributed by atoms with Crippen LogP contribution >= 0.6 is 0 Å². The molecule has 5 nitrogen and oxygen atoms in total. The Labute approximate surface area is 138 Å². The Kier molecular flexibility index (Phi) is 4.96. The van der Waals surface area contributed by atoms with Crippen LogP contribution in [0.25, 0.3) is 11.5 Å². The first-order chi connectivity index (χ1) is 11.7. The number of aromatic nitrogens is 2. The molecule has 0 fully saturated rings. The Bertz CT molecular complexity index is 818. The first-order valence-corrected chi connectivity index (χ1v) is 7.64. The summed E-state index contributed by atoms with van der Waals surface area (Å²) in [6.45, 7) is 0.491. The first kappa shape index (κ1) is 15.9. The summed E-state index contributed by atoms with van der Waals surface area (Å²) < 4.78 is 18.9. The van der Waals surface area contributed by atoms with Crippen LogP contribution in [0.3, 0.4) is 0 Å².